The van der Waals surface area contributed by atoms with Crippen LogP contribution in [0.15, 0.2) is 48.7 Å². The summed E-state index contributed by atoms with van der Waals surface area (Å²) in [5, 5.41) is 1.88. The molecule has 3 rings (SSSR count). The van der Waals surface area contributed by atoms with Crippen molar-refractivity contribution in [2.24, 2.45) is 0 Å². The molecule has 0 aliphatic carbocycles. The molecule has 0 spiro atoms. The van der Waals surface area contributed by atoms with Gasteiger partial charge in [0, 0.05) is 29.8 Å². The van der Waals surface area contributed by atoms with Gasteiger partial charge in [-0.15, -0.1) is 0 Å². The molecule has 0 fully saturated rings. The van der Waals surface area contributed by atoms with Crippen LogP contribution in [0.3, 0.4) is 0 Å². The third-order valence-electron chi connectivity index (χ3n) is 3.54. The second-order valence-corrected chi connectivity index (χ2v) is 5.71. The highest BCUT2D eigenvalue weighted by atomic mass is 35.5. The topological polar surface area (TPSA) is 34.2 Å². The van der Waals surface area contributed by atoms with Crippen LogP contribution < -0.4 is 4.74 Å². The summed E-state index contributed by atoms with van der Waals surface area (Å²) in [7, 11) is 1.67. The zero-order chi connectivity index (χ0) is 15.5. The predicted molar refractivity (Wildman–Crippen MR) is 90.7 cm³/mol. The van der Waals surface area contributed by atoms with E-state index >= 15 is 0 Å². The van der Waals surface area contributed by atoms with Gasteiger partial charge in [0.1, 0.15) is 11.9 Å². The Labute approximate surface area is 134 Å². The van der Waals surface area contributed by atoms with E-state index in [1.807, 2.05) is 49.5 Å². The Morgan fingerprint density at radius 3 is 2.64 bits per heavy atom. The number of aromatic nitrogens is 1. The fraction of sp³-hybridized carbons (Fsp3) is 0.222. The van der Waals surface area contributed by atoms with Crippen LogP contribution in [0.1, 0.15) is 6.92 Å². The van der Waals surface area contributed by atoms with E-state index in [9.17, 15) is 0 Å². The summed E-state index contributed by atoms with van der Waals surface area (Å²) in [6, 6.07) is 14.1. The molecule has 1 aromatic heterocycles. The summed E-state index contributed by atoms with van der Waals surface area (Å²) in [6.45, 7) is 2.55. The van der Waals surface area contributed by atoms with Gasteiger partial charge in [0.15, 0.2) is 0 Å². The fourth-order valence-corrected chi connectivity index (χ4v) is 2.78. The van der Waals surface area contributed by atoms with Crippen molar-refractivity contribution >= 4 is 22.5 Å². The zero-order valence-electron chi connectivity index (χ0n) is 12.6. The monoisotopic (exact) mass is 315 g/mol. The molecule has 3 nitrogen and oxygen atoms in total. The lowest BCUT2D eigenvalue weighted by Crippen LogP contribution is -2.17. The Morgan fingerprint density at radius 2 is 1.91 bits per heavy atom. The number of hydrogen-bond acceptors (Lipinski definition) is 2. The van der Waals surface area contributed by atoms with Crippen molar-refractivity contribution in [3.05, 3.63) is 53.7 Å². The molecule has 0 saturated heterocycles. The third kappa shape index (κ3) is 3.11. The molecule has 22 heavy (non-hydrogen) atoms. The van der Waals surface area contributed by atoms with E-state index in [0.29, 0.717) is 6.61 Å². The number of nitrogens with one attached hydrogen (secondary N) is 1. The predicted octanol–water partition coefficient (Wildman–Crippen LogP) is 4.90. The lowest BCUT2D eigenvalue weighted by atomic mass is 10.0. The van der Waals surface area contributed by atoms with Crippen LogP contribution in [0, 0.1) is 0 Å². The number of ether oxygens (including phenoxy) is 2. The Bertz CT molecular complexity index is 764. The molecule has 0 aliphatic rings. The summed E-state index contributed by atoms with van der Waals surface area (Å²) in [5.41, 5.74) is 3.13. The second kappa shape index (κ2) is 6.42. The normalized spacial score (nSPS) is 12.5. The molecule has 2 aromatic carbocycles. The van der Waals surface area contributed by atoms with Gasteiger partial charge in [-0.1, -0.05) is 23.7 Å². The van der Waals surface area contributed by atoms with Gasteiger partial charge in [-0.25, -0.2) is 0 Å². The van der Waals surface area contributed by atoms with Gasteiger partial charge in [-0.2, -0.15) is 0 Å². The molecule has 0 aliphatic heterocycles. The molecule has 3 aromatic rings. The van der Waals surface area contributed by atoms with Gasteiger partial charge in [-0.3, -0.25) is 0 Å². The summed E-state index contributed by atoms with van der Waals surface area (Å²) in [4.78, 5) is 3.17. The molecule has 0 amide bonds. The Hall–Kier alpha value is -1.97. The number of H-pyrrole nitrogens is 1. The van der Waals surface area contributed by atoms with Crippen molar-refractivity contribution in [1.82, 2.24) is 4.98 Å². The van der Waals surface area contributed by atoms with Gasteiger partial charge in [0.2, 0.25) is 0 Å². The van der Waals surface area contributed by atoms with Crippen LogP contribution >= 0.6 is 11.6 Å². The first-order valence-corrected chi connectivity index (χ1v) is 7.58. The molecule has 1 atom stereocenters. The zero-order valence-corrected chi connectivity index (χ0v) is 13.4. The maximum Gasteiger partial charge on any atom is 0.119 e. The Morgan fingerprint density at radius 1 is 1.14 bits per heavy atom. The number of rotatable bonds is 5. The minimum Gasteiger partial charge on any atom is -0.488 e. The highest BCUT2D eigenvalue weighted by Crippen LogP contribution is 2.32. The van der Waals surface area contributed by atoms with Crippen LogP contribution in [0.4, 0.5) is 0 Å². The molecular weight excluding hydrogens is 298 g/mol. The number of halogens is 1. The van der Waals surface area contributed by atoms with Crippen molar-refractivity contribution in [2.45, 2.75) is 13.0 Å². The number of fused-ring (bicyclic) bond motifs is 1. The molecule has 0 bridgehead atoms. The highest BCUT2D eigenvalue weighted by Gasteiger charge is 2.08. The average molecular weight is 316 g/mol. The largest absolute Gasteiger partial charge is 0.488 e. The van der Waals surface area contributed by atoms with Crippen molar-refractivity contribution < 1.29 is 9.47 Å². The van der Waals surface area contributed by atoms with Crippen LogP contribution in [0.25, 0.3) is 22.0 Å². The smallest absolute Gasteiger partial charge is 0.119 e. The maximum absolute atomic E-state index is 6.39. The van der Waals surface area contributed by atoms with E-state index in [-0.39, 0.29) is 6.10 Å². The van der Waals surface area contributed by atoms with Gasteiger partial charge < -0.3 is 14.5 Å². The van der Waals surface area contributed by atoms with E-state index in [2.05, 4.69) is 11.1 Å². The van der Waals surface area contributed by atoms with Crippen molar-refractivity contribution in [3.63, 3.8) is 0 Å². The molecule has 0 saturated carbocycles. The molecule has 1 heterocycles. The first-order valence-electron chi connectivity index (χ1n) is 7.20. The summed E-state index contributed by atoms with van der Waals surface area (Å²) < 4.78 is 10.8. The quantitative estimate of drug-likeness (QED) is 0.726. The minimum absolute atomic E-state index is 0.0237. The van der Waals surface area contributed by atoms with Gasteiger partial charge in [0.05, 0.1) is 11.6 Å². The molecular formula is C18H18ClNO2. The lowest BCUT2D eigenvalue weighted by Gasteiger charge is -2.14. The number of hydrogen-bond donors (Lipinski definition) is 1. The third-order valence-corrected chi connectivity index (χ3v) is 3.86. The Balaban J connectivity index is 1.86. The van der Waals surface area contributed by atoms with Gasteiger partial charge in [-0.05, 0) is 42.8 Å². The van der Waals surface area contributed by atoms with Crippen molar-refractivity contribution in [1.29, 1.82) is 0 Å². The van der Waals surface area contributed by atoms with Crippen molar-refractivity contribution in [2.75, 3.05) is 13.7 Å². The first kappa shape index (κ1) is 14.9. The van der Waals surface area contributed by atoms with Gasteiger partial charge in [0.25, 0.3) is 0 Å². The number of methoxy groups -OCH3 is 1. The number of benzene rings is 2. The van der Waals surface area contributed by atoms with Gasteiger partial charge >= 0.3 is 0 Å². The minimum atomic E-state index is 0.0237. The molecule has 1 N–H and O–H groups in total. The lowest BCUT2D eigenvalue weighted by molar-refractivity contribution is 0.0921. The average Bonchev–Trinajstić information content (AvgIpc) is 2.94. The maximum atomic E-state index is 6.39. The Kier molecular flexibility index (Phi) is 4.36. The summed E-state index contributed by atoms with van der Waals surface area (Å²) >= 11 is 6.39. The molecule has 114 valence electrons. The van der Waals surface area contributed by atoms with Crippen LogP contribution in [0.2, 0.25) is 5.02 Å². The molecule has 4 heteroatoms. The van der Waals surface area contributed by atoms with E-state index < -0.39 is 0 Å². The molecule has 0 radical (unpaired) electrons. The fourth-order valence-electron chi connectivity index (χ4n) is 2.51. The SMILES string of the molecule is COC[C@H](C)Oc1ccc(-c2cc3cc[nH]c3cc2Cl)cc1. The van der Waals surface area contributed by atoms with E-state index in [4.69, 9.17) is 21.1 Å². The molecule has 0 unspecified atom stereocenters. The second-order valence-electron chi connectivity index (χ2n) is 5.31. The van der Waals surface area contributed by atoms with E-state index in [1.54, 1.807) is 7.11 Å². The highest BCUT2D eigenvalue weighted by molar-refractivity contribution is 6.34. The van der Waals surface area contributed by atoms with Crippen molar-refractivity contribution in [3.8, 4) is 16.9 Å². The standard InChI is InChI=1S/C18H18ClNO2/c1-12(11-21-2)22-15-5-3-13(4-6-15)16-9-14-7-8-20-18(14)10-17(16)19/h3-10,12,20H,11H2,1-2H3/t12-/m0/s1. The van der Waals surface area contributed by atoms with Crippen LogP contribution in [-0.2, 0) is 4.74 Å². The van der Waals surface area contributed by atoms with Crippen LogP contribution in [0.5, 0.6) is 5.75 Å². The van der Waals surface area contributed by atoms with E-state index in [0.717, 1.165) is 32.8 Å². The van der Waals surface area contributed by atoms with Crippen LogP contribution in [-0.4, -0.2) is 24.8 Å². The first-order chi connectivity index (χ1) is 10.7. The number of aromatic amines is 1. The summed E-state index contributed by atoms with van der Waals surface area (Å²) in [5.74, 6) is 0.826. The summed E-state index contributed by atoms with van der Waals surface area (Å²) in [6.07, 6.45) is 1.94. The van der Waals surface area contributed by atoms with E-state index in [1.165, 1.54) is 0 Å².